The maximum atomic E-state index is 13.1. The number of carbonyl (C=O) groups excluding carboxylic acids is 1. The van der Waals surface area contributed by atoms with Crippen molar-refractivity contribution in [3.05, 3.63) is 82.0 Å². The van der Waals surface area contributed by atoms with Crippen molar-refractivity contribution in [3.63, 3.8) is 0 Å². The maximum absolute atomic E-state index is 13.1. The third-order valence-electron chi connectivity index (χ3n) is 5.52. The van der Waals surface area contributed by atoms with Gasteiger partial charge < -0.3 is 5.11 Å². The maximum Gasteiger partial charge on any atom is 0.336 e. The fourth-order valence-electron chi connectivity index (χ4n) is 3.75. The number of unbranched alkanes of at least 4 members (excludes halogenated alkanes) is 1. The summed E-state index contributed by atoms with van der Waals surface area (Å²) in [5, 5.41) is 9.45. The summed E-state index contributed by atoms with van der Waals surface area (Å²) in [7, 11) is 0. The van der Waals surface area contributed by atoms with E-state index in [0.717, 1.165) is 29.7 Å². The Morgan fingerprint density at radius 3 is 2.25 bits per heavy atom. The summed E-state index contributed by atoms with van der Waals surface area (Å²) in [6.45, 7) is 8.40. The first-order valence-electron chi connectivity index (χ1n) is 10.9. The van der Waals surface area contributed by atoms with Crippen LogP contribution in [0.2, 0.25) is 0 Å². The van der Waals surface area contributed by atoms with E-state index < -0.39 is 5.97 Å². The van der Waals surface area contributed by atoms with Gasteiger partial charge in [0.2, 0.25) is 5.91 Å². The first-order chi connectivity index (χ1) is 15.1. The minimum atomic E-state index is -0.972. The minimum Gasteiger partial charge on any atom is -0.478 e. The lowest BCUT2D eigenvalue weighted by atomic mass is 9.92. The Morgan fingerprint density at radius 2 is 1.66 bits per heavy atom. The molecule has 3 rings (SSSR count). The van der Waals surface area contributed by atoms with E-state index in [2.05, 4.69) is 0 Å². The van der Waals surface area contributed by atoms with Crippen molar-refractivity contribution in [1.29, 1.82) is 0 Å². The van der Waals surface area contributed by atoms with Gasteiger partial charge in [-0.25, -0.2) is 14.2 Å². The fourth-order valence-corrected chi connectivity index (χ4v) is 3.75. The first kappa shape index (κ1) is 23.3. The molecular weight excluding hydrogens is 404 g/mol. The summed E-state index contributed by atoms with van der Waals surface area (Å²) >= 11 is 0. The lowest BCUT2D eigenvalue weighted by Crippen LogP contribution is -2.30. The molecule has 0 amide bonds. The van der Waals surface area contributed by atoms with Crippen LogP contribution in [0.4, 0.5) is 0 Å². The lowest BCUT2D eigenvalue weighted by Gasteiger charge is -2.20. The molecular formula is C26H30N2O4. The summed E-state index contributed by atoms with van der Waals surface area (Å²) in [6.07, 6.45) is 3.67. The van der Waals surface area contributed by atoms with Crippen molar-refractivity contribution >= 4 is 11.9 Å². The number of nitrogens with zero attached hydrogens (tertiary/aromatic N) is 2. The van der Waals surface area contributed by atoms with Crippen molar-refractivity contribution in [2.75, 3.05) is 0 Å². The Hall–Kier alpha value is -3.41. The number of benzene rings is 2. The highest BCUT2D eigenvalue weighted by atomic mass is 16.4. The van der Waals surface area contributed by atoms with E-state index in [4.69, 9.17) is 0 Å². The van der Waals surface area contributed by atoms with E-state index >= 15 is 0 Å². The molecule has 0 atom stereocenters. The highest BCUT2D eigenvalue weighted by Gasteiger charge is 2.24. The zero-order chi connectivity index (χ0) is 23.5. The van der Waals surface area contributed by atoms with Crippen LogP contribution in [0.5, 0.6) is 0 Å². The zero-order valence-corrected chi connectivity index (χ0v) is 19.1. The van der Waals surface area contributed by atoms with Gasteiger partial charge in [-0.15, -0.1) is 0 Å². The van der Waals surface area contributed by atoms with Crippen LogP contribution in [0.25, 0.3) is 11.1 Å². The van der Waals surface area contributed by atoms with Crippen LogP contribution < -0.4 is 5.69 Å². The molecule has 32 heavy (non-hydrogen) atoms. The largest absolute Gasteiger partial charge is 0.478 e. The van der Waals surface area contributed by atoms with Gasteiger partial charge in [-0.3, -0.25) is 9.36 Å². The summed E-state index contributed by atoms with van der Waals surface area (Å²) < 4.78 is 2.90. The van der Waals surface area contributed by atoms with Crippen molar-refractivity contribution in [2.45, 2.75) is 58.9 Å². The summed E-state index contributed by atoms with van der Waals surface area (Å²) in [6, 6.07) is 14.4. The van der Waals surface area contributed by atoms with Crippen molar-refractivity contribution in [3.8, 4) is 11.1 Å². The van der Waals surface area contributed by atoms with Gasteiger partial charge in [0.25, 0.3) is 0 Å². The van der Waals surface area contributed by atoms with Gasteiger partial charge in [0.05, 0.1) is 12.1 Å². The molecule has 1 N–H and O–H groups in total. The molecule has 0 fully saturated rings. The van der Waals surface area contributed by atoms with Gasteiger partial charge in [-0.05, 0) is 29.2 Å². The predicted molar refractivity (Wildman–Crippen MR) is 125 cm³/mol. The quantitative estimate of drug-likeness (QED) is 0.555. The third kappa shape index (κ3) is 4.90. The molecule has 3 aromatic rings. The van der Waals surface area contributed by atoms with E-state index in [1.54, 1.807) is 29.0 Å². The predicted octanol–water partition coefficient (Wildman–Crippen LogP) is 5.19. The molecule has 0 aliphatic heterocycles. The average Bonchev–Trinajstić information content (AvgIpc) is 3.09. The Kier molecular flexibility index (Phi) is 6.82. The zero-order valence-electron chi connectivity index (χ0n) is 19.1. The molecule has 0 saturated carbocycles. The number of carbonyl (C=O) groups is 2. The van der Waals surface area contributed by atoms with Gasteiger partial charge in [-0.2, -0.15) is 0 Å². The van der Waals surface area contributed by atoms with Gasteiger partial charge in [0, 0.05) is 23.7 Å². The highest BCUT2D eigenvalue weighted by molar-refractivity contribution is 5.96. The van der Waals surface area contributed by atoms with Crippen molar-refractivity contribution in [2.24, 2.45) is 0 Å². The number of hydrogen-bond donors (Lipinski definition) is 1. The lowest BCUT2D eigenvalue weighted by molar-refractivity contribution is 0.0697. The smallest absolute Gasteiger partial charge is 0.336 e. The van der Waals surface area contributed by atoms with Crippen LogP contribution >= 0.6 is 0 Å². The number of rotatable bonds is 7. The third-order valence-corrected chi connectivity index (χ3v) is 5.52. The van der Waals surface area contributed by atoms with E-state index in [9.17, 15) is 19.5 Å². The molecule has 1 heterocycles. The highest BCUT2D eigenvalue weighted by Crippen LogP contribution is 2.26. The van der Waals surface area contributed by atoms with Gasteiger partial charge in [0.1, 0.15) is 0 Å². The monoisotopic (exact) mass is 434 g/mol. The molecule has 0 spiro atoms. The molecule has 0 unspecified atom stereocenters. The molecule has 0 aliphatic rings. The van der Waals surface area contributed by atoms with Gasteiger partial charge in [-0.1, -0.05) is 76.6 Å². The molecule has 168 valence electrons. The number of carboxylic acid groups (broad SMARTS) is 1. The number of hydrogen-bond acceptors (Lipinski definition) is 3. The fraction of sp³-hybridized carbons (Fsp3) is 0.346. The van der Waals surface area contributed by atoms with Crippen molar-refractivity contribution in [1.82, 2.24) is 9.13 Å². The summed E-state index contributed by atoms with van der Waals surface area (Å²) in [4.78, 5) is 37.2. The van der Waals surface area contributed by atoms with E-state index in [-0.39, 0.29) is 22.6 Å². The van der Waals surface area contributed by atoms with Crippen molar-refractivity contribution < 1.29 is 14.7 Å². The van der Waals surface area contributed by atoms with E-state index in [0.29, 0.717) is 18.5 Å². The Labute approximate surface area is 188 Å². The van der Waals surface area contributed by atoms with Crippen LogP contribution in [0.15, 0.2) is 59.5 Å². The number of imidazole rings is 1. The van der Waals surface area contributed by atoms with E-state index in [1.807, 2.05) is 58.0 Å². The number of aromatic nitrogens is 2. The molecule has 6 nitrogen and oxygen atoms in total. The SMILES string of the molecule is CCCCC(=O)n1cc(C(C)(C)C)n(Cc2ccc(-c3ccccc3C(=O)O)cc2)c1=O. The van der Waals surface area contributed by atoms with Gasteiger partial charge >= 0.3 is 11.7 Å². The Morgan fingerprint density at radius 1 is 1.00 bits per heavy atom. The molecule has 2 aromatic carbocycles. The molecule has 0 bridgehead atoms. The normalized spacial score (nSPS) is 11.5. The molecule has 6 heteroatoms. The Balaban J connectivity index is 1.95. The van der Waals surface area contributed by atoms with Gasteiger partial charge in [0.15, 0.2) is 0 Å². The molecule has 0 aliphatic carbocycles. The number of aromatic carboxylic acids is 1. The second-order valence-electron chi connectivity index (χ2n) is 9.05. The van der Waals surface area contributed by atoms with Crippen LogP contribution in [0, 0.1) is 0 Å². The molecule has 1 aromatic heterocycles. The topological polar surface area (TPSA) is 81.3 Å². The standard InChI is InChI=1S/C26H30N2O4/c1-5-6-11-23(29)28-17-22(26(2,3)4)27(25(28)32)16-18-12-14-19(15-13-18)20-9-7-8-10-21(20)24(30)31/h7-10,12-15,17H,5-6,11,16H2,1-4H3,(H,30,31). The second kappa shape index (κ2) is 9.39. The van der Waals surface area contributed by atoms with Crippen LogP contribution in [0.1, 0.15) is 73.4 Å². The van der Waals surface area contributed by atoms with Crippen LogP contribution in [-0.2, 0) is 12.0 Å². The van der Waals surface area contributed by atoms with Crippen LogP contribution in [0.3, 0.4) is 0 Å². The number of carboxylic acids is 1. The average molecular weight is 435 g/mol. The van der Waals surface area contributed by atoms with Crippen LogP contribution in [-0.4, -0.2) is 26.1 Å². The molecule has 0 radical (unpaired) electrons. The first-order valence-corrected chi connectivity index (χ1v) is 10.9. The second-order valence-corrected chi connectivity index (χ2v) is 9.05. The Bertz CT molecular complexity index is 1180. The minimum absolute atomic E-state index is 0.179. The summed E-state index contributed by atoms with van der Waals surface area (Å²) in [5.41, 5.74) is 2.75. The molecule has 0 saturated heterocycles. The van der Waals surface area contributed by atoms with E-state index in [1.165, 1.54) is 4.57 Å². The summed E-state index contributed by atoms with van der Waals surface area (Å²) in [5.74, 6) is -1.15.